The average Bonchev–Trinajstić information content (AvgIpc) is 2.47. The van der Waals surface area contributed by atoms with E-state index in [0.717, 1.165) is 17.7 Å². The van der Waals surface area contributed by atoms with Gasteiger partial charge in [0.2, 0.25) is 5.88 Å². The van der Waals surface area contributed by atoms with E-state index in [-0.39, 0.29) is 0 Å². The Kier molecular flexibility index (Phi) is 5.13. The third kappa shape index (κ3) is 4.07. The van der Waals surface area contributed by atoms with Gasteiger partial charge in [-0.3, -0.25) is 0 Å². The Hall–Kier alpha value is -1.87. The second kappa shape index (κ2) is 7.06. The van der Waals surface area contributed by atoms with Crippen molar-refractivity contribution in [1.82, 2.24) is 4.98 Å². The summed E-state index contributed by atoms with van der Waals surface area (Å²) in [5.74, 6) is 1.27. The van der Waals surface area contributed by atoms with Crippen LogP contribution < -0.4 is 4.74 Å². The summed E-state index contributed by atoms with van der Waals surface area (Å²) in [5.41, 5.74) is 2.12. The Balaban J connectivity index is 2.04. The van der Waals surface area contributed by atoms with Gasteiger partial charge in [0.25, 0.3) is 0 Å². The van der Waals surface area contributed by atoms with Crippen LogP contribution in [0.5, 0.6) is 11.6 Å². The van der Waals surface area contributed by atoms with E-state index in [4.69, 9.17) is 4.74 Å². The molecule has 0 spiro atoms. The fourth-order valence-electron chi connectivity index (χ4n) is 1.97. The first-order chi connectivity index (χ1) is 9.69. The maximum Gasteiger partial charge on any atom is 0.219 e. The molecule has 1 atom stereocenters. The highest BCUT2D eigenvalue weighted by atomic mass is 16.5. The first-order valence-electron chi connectivity index (χ1n) is 7.10. The number of nitrogens with zero attached hydrogens (tertiary/aromatic N) is 1. The van der Waals surface area contributed by atoms with Crippen LogP contribution >= 0.6 is 0 Å². The van der Waals surface area contributed by atoms with Crippen LogP contribution in [0.3, 0.4) is 0 Å². The molecule has 0 unspecified atom stereocenters. The van der Waals surface area contributed by atoms with E-state index >= 15 is 0 Å². The second-order valence-corrected chi connectivity index (χ2v) is 4.95. The Morgan fingerprint density at radius 1 is 1.20 bits per heavy atom. The number of aryl methyl sites for hydroxylation is 1. The second-order valence-electron chi connectivity index (χ2n) is 4.95. The summed E-state index contributed by atoms with van der Waals surface area (Å²) in [6.07, 6.45) is 4.64. The number of unbranched alkanes of at least 4 members (excludes halogenated alkanes) is 1. The van der Waals surface area contributed by atoms with Gasteiger partial charge in [0.1, 0.15) is 5.75 Å². The molecular weight excluding hydrogens is 250 g/mol. The van der Waals surface area contributed by atoms with Gasteiger partial charge in [0.05, 0.1) is 6.10 Å². The standard InChI is InChI=1S/C17H21NO2/c1-3-4-5-14-6-8-16(9-7-14)20-17-12-15(13(2)19)10-11-18-17/h6-13,19H,3-5H2,1-2H3/t13-/m0/s1. The molecule has 0 aliphatic carbocycles. The highest BCUT2D eigenvalue weighted by Crippen LogP contribution is 2.23. The Bertz CT molecular complexity index is 535. The molecular formula is C17H21NO2. The van der Waals surface area contributed by atoms with Gasteiger partial charge in [-0.2, -0.15) is 0 Å². The van der Waals surface area contributed by atoms with E-state index in [1.807, 2.05) is 12.1 Å². The molecule has 0 saturated heterocycles. The van der Waals surface area contributed by atoms with Gasteiger partial charge in [0, 0.05) is 12.3 Å². The summed E-state index contributed by atoms with van der Waals surface area (Å²) in [6.45, 7) is 3.92. The SMILES string of the molecule is CCCCc1ccc(Oc2cc([C@H](C)O)ccn2)cc1. The lowest BCUT2D eigenvalue weighted by Gasteiger charge is -2.08. The largest absolute Gasteiger partial charge is 0.439 e. The van der Waals surface area contributed by atoms with Crippen LogP contribution in [0.2, 0.25) is 0 Å². The van der Waals surface area contributed by atoms with Gasteiger partial charge < -0.3 is 9.84 Å². The van der Waals surface area contributed by atoms with Crippen molar-refractivity contribution in [2.45, 2.75) is 39.2 Å². The van der Waals surface area contributed by atoms with Crippen LogP contribution in [0.25, 0.3) is 0 Å². The minimum atomic E-state index is -0.517. The maximum atomic E-state index is 9.55. The van der Waals surface area contributed by atoms with Gasteiger partial charge in [-0.15, -0.1) is 0 Å². The van der Waals surface area contributed by atoms with Crippen molar-refractivity contribution >= 4 is 0 Å². The molecule has 106 valence electrons. The highest BCUT2D eigenvalue weighted by molar-refractivity contribution is 5.32. The molecule has 1 N–H and O–H groups in total. The Morgan fingerprint density at radius 2 is 1.95 bits per heavy atom. The van der Waals surface area contributed by atoms with E-state index in [1.165, 1.54) is 18.4 Å². The van der Waals surface area contributed by atoms with E-state index in [9.17, 15) is 5.11 Å². The quantitative estimate of drug-likeness (QED) is 0.853. The minimum absolute atomic E-state index is 0.504. The van der Waals surface area contributed by atoms with Crippen molar-refractivity contribution in [2.75, 3.05) is 0 Å². The number of hydrogen-bond donors (Lipinski definition) is 1. The van der Waals surface area contributed by atoms with Crippen LogP contribution in [-0.2, 0) is 6.42 Å². The molecule has 2 rings (SSSR count). The fourth-order valence-corrected chi connectivity index (χ4v) is 1.97. The number of aliphatic hydroxyl groups is 1. The maximum absolute atomic E-state index is 9.55. The van der Waals surface area contributed by atoms with E-state index in [1.54, 1.807) is 25.3 Å². The minimum Gasteiger partial charge on any atom is -0.439 e. The summed E-state index contributed by atoms with van der Waals surface area (Å²) in [5, 5.41) is 9.55. The number of pyridine rings is 1. The molecule has 0 bridgehead atoms. The van der Waals surface area contributed by atoms with Crippen LogP contribution in [-0.4, -0.2) is 10.1 Å². The monoisotopic (exact) mass is 271 g/mol. The van der Waals surface area contributed by atoms with E-state index in [0.29, 0.717) is 5.88 Å². The van der Waals surface area contributed by atoms with Gasteiger partial charge in [-0.1, -0.05) is 25.5 Å². The van der Waals surface area contributed by atoms with Gasteiger partial charge >= 0.3 is 0 Å². The summed E-state index contributed by atoms with van der Waals surface area (Å²) < 4.78 is 5.71. The van der Waals surface area contributed by atoms with Crippen molar-refractivity contribution < 1.29 is 9.84 Å². The highest BCUT2D eigenvalue weighted by Gasteiger charge is 2.04. The molecule has 0 amide bonds. The fraction of sp³-hybridized carbons (Fsp3) is 0.353. The third-order valence-corrected chi connectivity index (χ3v) is 3.21. The molecule has 1 aromatic carbocycles. The van der Waals surface area contributed by atoms with Crippen molar-refractivity contribution in [2.24, 2.45) is 0 Å². The molecule has 0 saturated carbocycles. The molecule has 0 fully saturated rings. The molecule has 0 radical (unpaired) electrons. The number of ether oxygens (including phenoxy) is 1. The summed E-state index contributed by atoms with van der Waals surface area (Å²) >= 11 is 0. The molecule has 3 nitrogen and oxygen atoms in total. The number of rotatable bonds is 6. The number of aliphatic hydroxyl groups excluding tert-OH is 1. The normalized spacial score (nSPS) is 12.2. The van der Waals surface area contributed by atoms with Gasteiger partial charge in [-0.25, -0.2) is 4.98 Å². The van der Waals surface area contributed by atoms with Crippen molar-refractivity contribution in [3.63, 3.8) is 0 Å². The molecule has 1 aromatic heterocycles. The van der Waals surface area contributed by atoms with Crippen LogP contribution in [0.1, 0.15) is 43.9 Å². The molecule has 1 heterocycles. The third-order valence-electron chi connectivity index (χ3n) is 3.21. The molecule has 20 heavy (non-hydrogen) atoms. The summed E-state index contributed by atoms with van der Waals surface area (Å²) in [7, 11) is 0. The lowest BCUT2D eigenvalue weighted by molar-refractivity contribution is 0.198. The molecule has 3 heteroatoms. The zero-order chi connectivity index (χ0) is 14.4. The zero-order valence-electron chi connectivity index (χ0n) is 12.0. The Labute approximate surface area is 120 Å². The number of benzene rings is 1. The number of aromatic nitrogens is 1. The van der Waals surface area contributed by atoms with Crippen LogP contribution in [0.15, 0.2) is 42.6 Å². The predicted octanol–water partition coefficient (Wildman–Crippen LogP) is 4.27. The average molecular weight is 271 g/mol. The first-order valence-corrected chi connectivity index (χ1v) is 7.10. The lowest BCUT2D eigenvalue weighted by Crippen LogP contribution is -1.94. The first kappa shape index (κ1) is 14.5. The van der Waals surface area contributed by atoms with Crippen LogP contribution in [0.4, 0.5) is 0 Å². The molecule has 0 aliphatic heterocycles. The Morgan fingerprint density at radius 3 is 2.60 bits per heavy atom. The van der Waals surface area contributed by atoms with E-state index < -0.39 is 6.10 Å². The predicted molar refractivity (Wildman–Crippen MR) is 80.0 cm³/mol. The van der Waals surface area contributed by atoms with Crippen molar-refractivity contribution in [3.8, 4) is 11.6 Å². The van der Waals surface area contributed by atoms with Crippen LogP contribution in [0, 0.1) is 0 Å². The van der Waals surface area contributed by atoms with Gasteiger partial charge in [-0.05, 0) is 49.1 Å². The molecule has 2 aromatic rings. The summed E-state index contributed by atoms with van der Waals surface area (Å²) in [4.78, 5) is 4.16. The topological polar surface area (TPSA) is 42.4 Å². The number of hydrogen-bond acceptors (Lipinski definition) is 3. The van der Waals surface area contributed by atoms with Crippen molar-refractivity contribution in [3.05, 3.63) is 53.7 Å². The van der Waals surface area contributed by atoms with E-state index in [2.05, 4.69) is 24.0 Å². The zero-order valence-corrected chi connectivity index (χ0v) is 12.0. The smallest absolute Gasteiger partial charge is 0.219 e. The lowest BCUT2D eigenvalue weighted by atomic mass is 10.1. The van der Waals surface area contributed by atoms with Crippen molar-refractivity contribution in [1.29, 1.82) is 0 Å². The molecule has 0 aliphatic rings. The van der Waals surface area contributed by atoms with Gasteiger partial charge in [0.15, 0.2) is 0 Å². The summed E-state index contributed by atoms with van der Waals surface area (Å²) in [6, 6.07) is 11.6.